The van der Waals surface area contributed by atoms with Gasteiger partial charge in [0.2, 0.25) is 0 Å². The summed E-state index contributed by atoms with van der Waals surface area (Å²) in [6.45, 7) is 1.85. The van der Waals surface area contributed by atoms with Crippen LogP contribution in [0.4, 0.5) is 0 Å². The van der Waals surface area contributed by atoms with Crippen LogP contribution in [0.15, 0.2) is 18.3 Å². The molecular weight excluding hydrogens is 164 g/mol. The lowest BCUT2D eigenvalue weighted by molar-refractivity contribution is 0.0944. The summed E-state index contributed by atoms with van der Waals surface area (Å²) in [7, 11) is 0. The van der Waals surface area contributed by atoms with Crippen LogP contribution in [0.3, 0.4) is 0 Å². The zero-order valence-corrected chi connectivity index (χ0v) is 7.19. The fourth-order valence-electron chi connectivity index (χ4n) is 1.40. The Kier molecular flexibility index (Phi) is 1.56. The Morgan fingerprint density at radius 3 is 3.08 bits per heavy atom. The number of carbonyl (C=O) groups excluding carboxylic acids is 1. The molecule has 0 amide bonds. The van der Waals surface area contributed by atoms with Crippen molar-refractivity contribution in [3.05, 3.63) is 29.6 Å². The number of hydrogen-bond acceptors (Lipinski definition) is 2. The molecule has 2 heterocycles. The maximum atomic E-state index is 11.6. The van der Waals surface area contributed by atoms with E-state index in [0.29, 0.717) is 11.3 Å². The first-order valence-electron chi connectivity index (χ1n) is 4.07. The van der Waals surface area contributed by atoms with Gasteiger partial charge in [-0.2, -0.15) is 5.26 Å². The predicted octanol–water partition coefficient (Wildman–Crippen LogP) is 1.66. The minimum atomic E-state index is -0.0751. The van der Waals surface area contributed by atoms with E-state index in [1.807, 2.05) is 25.3 Å². The zero-order chi connectivity index (χ0) is 9.42. The van der Waals surface area contributed by atoms with Crippen molar-refractivity contribution in [3.63, 3.8) is 0 Å². The van der Waals surface area contributed by atoms with Crippen LogP contribution in [0, 0.1) is 17.2 Å². The first-order valence-corrected chi connectivity index (χ1v) is 4.07. The molecule has 0 radical (unpaired) electrons. The van der Waals surface area contributed by atoms with Crippen LogP contribution >= 0.6 is 0 Å². The summed E-state index contributed by atoms with van der Waals surface area (Å²) in [5.41, 5.74) is 1.13. The maximum absolute atomic E-state index is 11.6. The molecule has 1 unspecified atom stereocenters. The second kappa shape index (κ2) is 2.60. The molecule has 0 N–H and O–H groups in total. The van der Waals surface area contributed by atoms with Crippen LogP contribution < -0.4 is 0 Å². The summed E-state index contributed by atoms with van der Waals surface area (Å²) in [6, 6.07) is 3.64. The molecule has 13 heavy (non-hydrogen) atoms. The van der Waals surface area contributed by atoms with Gasteiger partial charge in [0.05, 0.1) is 11.3 Å². The van der Waals surface area contributed by atoms with Crippen molar-refractivity contribution in [2.24, 2.45) is 5.92 Å². The van der Waals surface area contributed by atoms with Crippen molar-refractivity contribution in [1.82, 2.24) is 4.57 Å². The third-order valence-electron chi connectivity index (χ3n) is 2.18. The van der Waals surface area contributed by atoms with Crippen LogP contribution in [0.5, 0.6) is 0 Å². The van der Waals surface area contributed by atoms with E-state index < -0.39 is 0 Å². The summed E-state index contributed by atoms with van der Waals surface area (Å²) in [5, 5.41) is 8.64. The van der Waals surface area contributed by atoms with Crippen molar-refractivity contribution in [3.8, 4) is 6.07 Å². The molecule has 0 spiro atoms. The molecule has 2 rings (SSSR count). The number of nitriles is 1. The Hall–Kier alpha value is -1.82. The Balaban J connectivity index is 2.58. The largest absolute Gasteiger partial charge is 0.320 e. The average Bonchev–Trinajstić information content (AvgIpc) is 2.55. The van der Waals surface area contributed by atoms with E-state index in [0.717, 1.165) is 0 Å². The first kappa shape index (κ1) is 7.81. The Morgan fingerprint density at radius 2 is 2.38 bits per heavy atom. The predicted molar refractivity (Wildman–Crippen MR) is 48.0 cm³/mol. The van der Waals surface area contributed by atoms with Crippen molar-refractivity contribution >= 4 is 12.0 Å². The number of carbonyl (C=O) groups is 1. The van der Waals surface area contributed by atoms with Gasteiger partial charge in [0.25, 0.3) is 0 Å². The quantitative estimate of drug-likeness (QED) is 0.597. The number of Topliss-reactive ketones (excluding diaryl/α,β-unsaturated/α-hetero) is 1. The molecule has 0 aromatic carbocycles. The van der Waals surface area contributed by atoms with Crippen molar-refractivity contribution < 1.29 is 4.79 Å². The van der Waals surface area contributed by atoms with Gasteiger partial charge in [-0.3, -0.25) is 4.79 Å². The second-order valence-corrected chi connectivity index (χ2v) is 3.13. The lowest BCUT2D eigenvalue weighted by Gasteiger charge is -2.12. The van der Waals surface area contributed by atoms with E-state index in [2.05, 4.69) is 0 Å². The van der Waals surface area contributed by atoms with Gasteiger partial charge in [-0.05, 0) is 6.07 Å². The van der Waals surface area contributed by atoms with Gasteiger partial charge in [0.15, 0.2) is 5.78 Å². The number of nitrogens with zero attached hydrogens (tertiary/aromatic N) is 2. The number of fused-ring (bicyclic) bond motifs is 1. The van der Waals surface area contributed by atoms with E-state index in [9.17, 15) is 4.79 Å². The molecule has 0 saturated carbocycles. The fourth-order valence-corrected chi connectivity index (χ4v) is 1.40. The molecule has 1 aromatic rings. The molecule has 0 fully saturated rings. The topological polar surface area (TPSA) is 45.8 Å². The summed E-state index contributed by atoms with van der Waals surface area (Å²) in [5.74, 6) is -0.00190. The van der Waals surface area contributed by atoms with E-state index in [4.69, 9.17) is 5.26 Å². The van der Waals surface area contributed by atoms with Crippen LogP contribution in [0.25, 0.3) is 6.20 Å². The average molecular weight is 172 g/mol. The highest BCUT2D eigenvalue weighted by atomic mass is 16.1. The van der Waals surface area contributed by atoms with Gasteiger partial charge in [0.1, 0.15) is 6.07 Å². The molecule has 0 aliphatic carbocycles. The minimum absolute atomic E-state index is 0.0731. The van der Waals surface area contributed by atoms with Crippen LogP contribution in [0.2, 0.25) is 0 Å². The molecule has 0 saturated heterocycles. The number of ketones is 1. The normalized spacial score (nSPS) is 19.7. The molecule has 64 valence electrons. The van der Waals surface area contributed by atoms with Gasteiger partial charge in [-0.15, -0.1) is 0 Å². The number of hydrogen-bond donors (Lipinski definition) is 0. The monoisotopic (exact) mass is 172 g/mol. The van der Waals surface area contributed by atoms with Crippen LogP contribution in [0.1, 0.15) is 23.0 Å². The molecule has 1 aromatic heterocycles. The lowest BCUT2D eigenvalue weighted by atomic mass is 10.0. The van der Waals surface area contributed by atoms with Crippen molar-refractivity contribution in [2.45, 2.75) is 6.92 Å². The second-order valence-electron chi connectivity index (χ2n) is 3.13. The van der Waals surface area contributed by atoms with E-state index >= 15 is 0 Å². The van der Waals surface area contributed by atoms with Gasteiger partial charge < -0.3 is 4.57 Å². The lowest BCUT2D eigenvalue weighted by Crippen LogP contribution is -2.16. The highest BCUT2D eigenvalue weighted by Crippen LogP contribution is 2.19. The zero-order valence-electron chi connectivity index (χ0n) is 7.19. The highest BCUT2D eigenvalue weighted by Gasteiger charge is 2.20. The Labute approximate surface area is 75.9 Å². The number of rotatable bonds is 0. The third-order valence-corrected chi connectivity index (χ3v) is 2.18. The molecule has 0 bridgehead atoms. The van der Waals surface area contributed by atoms with E-state index in [1.54, 1.807) is 16.8 Å². The van der Waals surface area contributed by atoms with E-state index in [1.165, 1.54) is 0 Å². The summed E-state index contributed by atoms with van der Waals surface area (Å²) in [6.07, 6.45) is 5.31. The molecule has 1 aliphatic rings. The van der Waals surface area contributed by atoms with Crippen molar-refractivity contribution in [1.29, 1.82) is 5.26 Å². The molecular formula is C10H8N2O. The first-order chi connectivity index (χ1) is 6.22. The molecule has 1 aliphatic heterocycles. The van der Waals surface area contributed by atoms with Gasteiger partial charge >= 0.3 is 0 Å². The van der Waals surface area contributed by atoms with Crippen molar-refractivity contribution in [2.75, 3.05) is 0 Å². The van der Waals surface area contributed by atoms with Crippen LogP contribution in [-0.2, 0) is 0 Å². The number of aromatic nitrogens is 1. The highest BCUT2D eigenvalue weighted by molar-refractivity contribution is 6.00. The summed E-state index contributed by atoms with van der Waals surface area (Å²) >= 11 is 0. The Morgan fingerprint density at radius 1 is 1.62 bits per heavy atom. The SMILES string of the molecule is CC1C=Cn2cc(C#N)cc2C1=O. The van der Waals surface area contributed by atoms with E-state index in [-0.39, 0.29) is 11.7 Å². The number of allylic oxidation sites excluding steroid dienone is 1. The maximum Gasteiger partial charge on any atom is 0.186 e. The van der Waals surface area contributed by atoms with Gasteiger partial charge in [-0.1, -0.05) is 13.0 Å². The van der Waals surface area contributed by atoms with Gasteiger partial charge in [-0.25, -0.2) is 0 Å². The summed E-state index contributed by atoms with van der Waals surface area (Å²) < 4.78 is 1.70. The fraction of sp³-hybridized carbons (Fsp3) is 0.200. The molecule has 3 heteroatoms. The summed E-state index contributed by atoms with van der Waals surface area (Å²) in [4.78, 5) is 11.6. The molecule has 1 atom stereocenters. The van der Waals surface area contributed by atoms with Gasteiger partial charge in [0, 0.05) is 18.3 Å². The smallest absolute Gasteiger partial charge is 0.186 e. The molecule has 3 nitrogen and oxygen atoms in total. The third kappa shape index (κ3) is 1.07. The standard InChI is InChI=1S/C10H8N2O/c1-7-2-3-12-6-8(5-11)4-9(12)10(7)13/h2-4,6-7H,1H3. The minimum Gasteiger partial charge on any atom is -0.320 e. The Bertz CT molecular complexity index is 434. The van der Waals surface area contributed by atoms with Crippen LogP contribution in [-0.4, -0.2) is 10.4 Å².